The maximum absolute atomic E-state index is 13.4. The van der Waals surface area contributed by atoms with Crippen LogP contribution in [0.4, 0.5) is 8.78 Å². The number of carbonyl (C=O) groups excluding carboxylic acids is 2. The molecular formula is C27H38ClF2N7O2. The second kappa shape index (κ2) is 14.0. The molecule has 0 saturated carbocycles. The number of rotatable bonds is 12. The van der Waals surface area contributed by atoms with Crippen LogP contribution in [0.2, 0.25) is 0 Å². The molecule has 1 unspecified atom stereocenters. The topological polar surface area (TPSA) is 83.2 Å². The molecule has 0 fully saturated rings. The van der Waals surface area contributed by atoms with E-state index in [1.807, 2.05) is 43.1 Å². The average Bonchev–Trinajstić information content (AvgIpc) is 3.49. The highest BCUT2D eigenvalue weighted by Gasteiger charge is 2.32. The first-order valence-electron chi connectivity index (χ1n) is 13.0. The summed E-state index contributed by atoms with van der Waals surface area (Å²) in [7, 11) is 1.74. The van der Waals surface area contributed by atoms with Crippen LogP contribution in [0.15, 0.2) is 59.5 Å². The molecule has 0 bridgehead atoms. The highest BCUT2D eigenvalue weighted by Crippen LogP contribution is 2.30. The summed E-state index contributed by atoms with van der Waals surface area (Å²) in [5.74, 6) is -0.322. The number of alkyl halides is 2. The summed E-state index contributed by atoms with van der Waals surface area (Å²) < 4.78 is 26.2. The number of hydrogen-bond donors (Lipinski definition) is 3. The van der Waals surface area contributed by atoms with Crippen molar-refractivity contribution >= 4 is 24.2 Å². The summed E-state index contributed by atoms with van der Waals surface area (Å²) in [4.78, 5) is 27.9. The minimum Gasteiger partial charge on any atom is -0.325 e. The van der Waals surface area contributed by atoms with Crippen LogP contribution in [0.5, 0.6) is 0 Å². The van der Waals surface area contributed by atoms with Gasteiger partial charge in [-0.05, 0) is 41.8 Å². The number of hydrogen-bond acceptors (Lipinski definition) is 7. The number of carbonyl (C=O) groups is 2. The van der Waals surface area contributed by atoms with Crippen molar-refractivity contribution in [3.63, 3.8) is 0 Å². The van der Waals surface area contributed by atoms with Crippen molar-refractivity contribution in [3.8, 4) is 0 Å². The number of halogens is 3. The maximum Gasteiger partial charge on any atom is 0.253 e. The van der Waals surface area contributed by atoms with Crippen molar-refractivity contribution in [2.75, 3.05) is 46.3 Å². The lowest BCUT2D eigenvalue weighted by atomic mass is 9.95. The van der Waals surface area contributed by atoms with E-state index in [1.54, 1.807) is 23.2 Å². The summed E-state index contributed by atoms with van der Waals surface area (Å²) in [6.45, 7) is 6.57. The highest BCUT2D eigenvalue weighted by atomic mass is 35.5. The molecule has 4 rings (SSSR count). The SMILES string of the molecule is CCNCCN(C(=O)CNCC(=O)N(C)N1Cc2ccccc2C1)C1=CC2C(=CNN2CC(F)F)C=C1C.Cl. The zero-order chi connectivity index (χ0) is 27.2. The smallest absolute Gasteiger partial charge is 0.253 e. The minimum atomic E-state index is -2.49. The number of amides is 2. The molecule has 1 atom stereocenters. The monoisotopic (exact) mass is 565 g/mol. The summed E-state index contributed by atoms with van der Waals surface area (Å²) in [5, 5.41) is 11.3. The van der Waals surface area contributed by atoms with Gasteiger partial charge in [0.2, 0.25) is 5.91 Å². The van der Waals surface area contributed by atoms with Gasteiger partial charge in [0, 0.05) is 45.1 Å². The van der Waals surface area contributed by atoms with Gasteiger partial charge in [-0.15, -0.1) is 12.4 Å². The van der Waals surface area contributed by atoms with Crippen molar-refractivity contribution in [3.05, 3.63) is 70.6 Å². The standard InChI is InChI=1S/C27H37F2N7O2.ClH/c1-4-30-9-10-35(23-12-24-22(11-19(23)2)13-32-36(24)18-25(28)29)27(38)15-31-14-26(37)33(3)34-16-20-7-5-6-8-21(20)17-34;/h5-8,11-13,24-25,30-32H,4,9-10,14-18H2,1-3H3;1H. The largest absolute Gasteiger partial charge is 0.325 e. The van der Waals surface area contributed by atoms with Gasteiger partial charge in [0.15, 0.2) is 0 Å². The van der Waals surface area contributed by atoms with Gasteiger partial charge in [0.25, 0.3) is 12.3 Å². The van der Waals surface area contributed by atoms with E-state index in [0.717, 1.165) is 17.7 Å². The first-order valence-corrected chi connectivity index (χ1v) is 13.0. The van der Waals surface area contributed by atoms with Gasteiger partial charge in [-0.2, -0.15) is 0 Å². The quantitative estimate of drug-likeness (QED) is 0.335. The fourth-order valence-corrected chi connectivity index (χ4v) is 4.96. The van der Waals surface area contributed by atoms with E-state index < -0.39 is 13.0 Å². The van der Waals surface area contributed by atoms with Crippen molar-refractivity contribution < 1.29 is 18.4 Å². The number of nitrogens with zero attached hydrogens (tertiary/aromatic N) is 4. The number of hydrazine groups is 2. The van der Waals surface area contributed by atoms with Crippen molar-refractivity contribution in [2.24, 2.45) is 0 Å². The number of benzene rings is 1. The van der Waals surface area contributed by atoms with E-state index in [9.17, 15) is 18.4 Å². The Bertz CT molecular complexity index is 1100. The highest BCUT2D eigenvalue weighted by molar-refractivity contribution is 5.85. The zero-order valence-electron chi connectivity index (χ0n) is 22.6. The van der Waals surface area contributed by atoms with E-state index in [4.69, 9.17) is 0 Å². The lowest BCUT2D eigenvalue weighted by molar-refractivity contribution is -0.145. The number of nitrogens with one attached hydrogen (secondary N) is 3. The normalized spacial score (nSPS) is 18.4. The molecule has 3 N–H and O–H groups in total. The van der Waals surface area contributed by atoms with Crippen LogP contribution in [0.25, 0.3) is 0 Å². The zero-order valence-corrected chi connectivity index (χ0v) is 23.4. The van der Waals surface area contributed by atoms with Gasteiger partial charge < -0.3 is 15.6 Å². The molecule has 12 heteroatoms. The minimum absolute atomic E-state index is 0. The molecule has 2 amide bonds. The second-order valence-corrected chi connectivity index (χ2v) is 9.65. The van der Waals surface area contributed by atoms with Crippen LogP contribution < -0.4 is 16.1 Å². The molecule has 0 saturated heterocycles. The van der Waals surface area contributed by atoms with E-state index in [0.29, 0.717) is 31.9 Å². The molecule has 3 aliphatic rings. The predicted molar refractivity (Wildman–Crippen MR) is 148 cm³/mol. The molecular weight excluding hydrogens is 528 g/mol. The number of allylic oxidation sites excluding steroid dienone is 1. The fourth-order valence-electron chi connectivity index (χ4n) is 4.96. The Balaban J connectivity index is 0.00000420. The summed E-state index contributed by atoms with van der Waals surface area (Å²) in [6.07, 6.45) is 3.01. The molecule has 2 aliphatic heterocycles. The Morgan fingerprint density at radius 3 is 2.44 bits per heavy atom. The van der Waals surface area contributed by atoms with Gasteiger partial charge in [-0.3, -0.25) is 19.9 Å². The third-order valence-electron chi connectivity index (χ3n) is 7.03. The average molecular weight is 566 g/mol. The third-order valence-corrected chi connectivity index (χ3v) is 7.03. The fraction of sp³-hybridized carbons (Fsp3) is 0.481. The molecule has 0 aromatic heterocycles. The van der Waals surface area contributed by atoms with Gasteiger partial charge in [-0.1, -0.05) is 37.3 Å². The van der Waals surface area contributed by atoms with Crippen LogP contribution in [0.1, 0.15) is 25.0 Å². The lowest BCUT2D eigenvalue weighted by Crippen LogP contribution is -2.47. The first kappa shape index (κ1) is 30.7. The van der Waals surface area contributed by atoms with Crippen LogP contribution in [0.3, 0.4) is 0 Å². The Labute approximate surface area is 234 Å². The maximum atomic E-state index is 13.4. The Morgan fingerprint density at radius 2 is 1.79 bits per heavy atom. The van der Waals surface area contributed by atoms with Crippen molar-refractivity contribution in [1.82, 2.24) is 36.0 Å². The molecule has 2 heterocycles. The molecule has 214 valence electrons. The molecule has 1 aliphatic carbocycles. The molecule has 0 spiro atoms. The van der Waals surface area contributed by atoms with Crippen molar-refractivity contribution in [1.29, 1.82) is 0 Å². The van der Waals surface area contributed by atoms with Crippen LogP contribution in [-0.2, 0) is 22.7 Å². The summed E-state index contributed by atoms with van der Waals surface area (Å²) >= 11 is 0. The van der Waals surface area contributed by atoms with Gasteiger partial charge in [0.05, 0.1) is 25.7 Å². The molecule has 39 heavy (non-hydrogen) atoms. The first-order chi connectivity index (χ1) is 18.3. The number of fused-ring (bicyclic) bond motifs is 2. The third kappa shape index (κ3) is 7.43. The second-order valence-electron chi connectivity index (χ2n) is 9.65. The van der Waals surface area contributed by atoms with E-state index >= 15 is 0 Å². The Morgan fingerprint density at radius 1 is 1.13 bits per heavy atom. The molecule has 1 aromatic rings. The summed E-state index contributed by atoms with van der Waals surface area (Å²) in [6, 6.07) is 7.74. The van der Waals surface area contributed by atoms with Crippen LogP contribution >= 0.6 is 12.4 Å². The van der Waals surface area contributed by atoms with E-state index in [-0.39, 0.29) is 43.4 Å². The van der Waals surface area contributed by atoms with Gasteiger partial charge >= 0.3 is 0 Å². The van der Waals surface area contributed by atoms with Crippen LogP contribution in [-0.4, -0.2) is 90.5 Å². The lowest BCUT2D eigenvalue weighted by Gasteiger charge is -2.32. The van der Waals surface area contributed by atoms with Gasteiger partial charge in [0.1, 0.15) is 0 Å². The summed E-state index contributed by atoms with van der Waals surface area (Å²) in [5.41, 5.74) is 7.77. The molecule has 1 aromatic carbocycles. The van der Waals surface area contributed by atoms with E-state index in [1.165, 1.54) is 16.1 Å². The number of likely N-dealkylation sites (N-methyl/N-ethyl adjacent to an activating group) is 2. The Kier molecular flexibility index (Phi) is 11.0. The molecule has 9 nitrogen and oxygen atoms in total. The van der Waals surface area contributed by atoms with Gasteiger partial charge in [-0.25, -0.2) is 18.8 Å². The molecule has 0 radical (unpaired) electrons. The van der Waals surface area contributed by atoms with Crippen molar-refractivity contribution in [2.45, 2.75) is 39.4 Å². The van der Waals surface area contributed by atoms with E-state index in [2.05, 4.69) is 28.2 Å². The Hall–Kier alpha value is -2.83. The van der Waals surface area contributed by atoms with Crippen LogP contribution in [0, 0.1) is 0 Å². The predicted octanol–water partition coefficient (Wildman–Crippen LogP) is 2.01.